The Morgan fingerprint density at radius 1 is 1.10 bits per heavy atom. The first kappa shape index (κ1) is 14.0. The molecule has 2 aromatic rings. The van der Waals surface area contributed by atoms with E-state index in [0.29, 0.717) is 12.2 Å². The van der Waals surface area contributed by atoms with Crippen LogP contribution in [0.1, 0.15) is 12.5 Å². The number of anilines is 1. The van der Waals surface area contributed by atoms with E-state index in [2.05, 4.69) is 16.8 Å². The molecule has 0 radical (unpaired) electrons. The summed E-state index contributed by atoms with van der Waals surface area (Å²) in [7, 11) is 0. The summed E-state index contributed by atoms with van der Waals surface area (Å²) in [6, 6.07) is 13.8. The van der Waals surface area contributed by atoms with Crippen molar-refractivity contribution in [3.63, 3.8) is 0 Å². The van der Waals surface area contributed by atoms with E-state index >= 15 is 0 Å². The number of nitrogens with zero attached hydrogens (tertiary/aromatic N) is 2. The molecule has 0 spiro atoms. The number of carbonyl (C=O) groups excluding carboxylic acids is 1. The molecule has 2 aromatic carbocycles. The fourth-order valence-corrected chi connectivity index (χ4v) is 1.99. The molecule has 0 saturated heterocycles. The first-order chi connectivity index (χ1) is 9.72. The van der Waals surface area contributed by atoms with Crippen molar-refractivity contribution < 1.29 is 9.18 Å². The monoisotopic (exact) mass is 270 g/mol. The van der Waals surface area contributed by atoms with Gasteiger partial charge in [-0.15, -0.1) is 0 Å². The van der Waals surface area contributed by atoms with Gasteiger partial charge in [0.1, 0.15) is 5.82 Å². The second kappa shape index (κ2) is 6.64. The number of hydrogen-bond donors (Lipinski definition) is 0. The number of aliphatic imine (C=N–C) groups is 1. The van der Waals surface area contributed by atoms with Crippen LogP contribution in [-0.2, 0) is 11.3 Å². The Labute approximate surface area is 117 Å². The number of hydrogen-bond acceptors (Lipinski definition) is 3. The highest BCUT2D eigenvalue weighted by atomic mass is 19.1. The number of rotatable bonds is 5. The van der Waals surface area contributed by atoms with E-state index in [0.717, 1.165) is 17.8 Å². The molecule has 0 atom stereocenters. The summed E-state index contributed by atoms with van der Waals surface area (Å²) < 4.78 is 12.9. The third-order valence-corrected chi connectivity index (χ3v) is 3.06. The van der Waals surface area contributed by atoms with Gasteiger partial charge in [0, 0.05) is 18.8 Å². The highest BCUT2D eigenvalue weighted by Crippen LogP contribution is 2.21. The Morgan fingerprint density at radius 2 is 1.75 bits per heavy atom. The predicted molar refractivity (Wildman–Crippen MR) is 77.3 cm³/mol. The quantitative estimate of drug-likeness (QED) is 0.611. The Bertz CT molecular complexity index is 601. The zero-order valence-corrected chi connectivity index (χ0v) is 11.2. The van der Waals surface area contributed by atoms with Crippen molar-refractivity contribution in [2.75, 3.05) is 11.4 Å². The third-order valence-electron chi connectivity index (χ3n) is 3.06. The van der Waals surface area contributed by atoms with Gasteiger partial charge in [-0.1, -0.05) is 12.1 Å². The van der Waals surface area contributed by atoms with Gasteiger partial charge in [0.05, 0.1) is 5.69 Å². The Balaban J connectivity index is 2.15. The minimum atomic E-state index is -0.229. The lowest BCUT2D eigenvalue weighted by molar-refractivity contribution is 0.565. The summed E-state index contributed by atoms with van der Waals surface area (Å²) >= 11 is 0. The van der Waals surface area contributed by atoms with Crippen LogP contribution >= 0.6 is 0 Å². The molecule has 0 heterocycles. The molecule has 102 valence electrons. The molecular weight excluding hydrogens is 255 g/mol. The molecular formula is C16H15FN2O. The lowest BCUT2D eigenvalue weighted by Gasteiger charge is -2.23. The normalized spacial score (nSPS) is 9.90. The average Bonchev–Trinajstić information content (AvgIpc) is 2.48. The molecule has 0 bridgehead atoms. The van der Waals surface area contributed by atoms with Crippen molar-refractivity contribution >= 4 is 17.5 Å². The number of isocyanates is 1. The standard InChI is InChI=1S/C16H15FN2O/c1-2-19(11-13-3-5-14(17)6-4-13)16-9-7-15(8-10-16)18-12-20/h3-10H,2,11H2,1H3. The van der Waals surface area contributed by atoms with Gasteiger partial charge in [0.25, 0.3) is 0 Å². The van der Waals surface area contributed by atoms with E-state index in [1.54, 1.807) is 24.3 Å². The maximum atomic E-state index is 12.9. The first-order valence-corrected chi connectivity index (χ1v) is 6.40. The summed E-state index contributed by atoms with van der Waals surface area (Å²) in [5.74, 6) is -0.229. The summed E-state index contributed by atoms with van der Waals surface area (Å²) in [4.78, 5) is 15.9. The lowest BCUT2D eigenvalue weighted by atomic mass is 10.2. The van der Waals surface area contributed by atoms with Crippen molar-refractivity contribution in [1.82, 2.24) is 0 Å². The zero-order chi connectivity index (χ0) is 14.4. The molecule has 0 N–H and O–H groups in total. The Morgan fingerprint density at radius 3 is 2.30 bits per heavy atom. The maximum Gasteiger partial charge on any atom is 0.240 e. The van der Waals surface area contributed by atoms with Crippen LogP contribution in [0.5, 0.6) is 0 Å². The SMILES string of the molecule is CCN(Cc1ccc(F)cc1)c1ccc(N=C=O)cc1. The zero-order valence-electron chi connectivity index (χ0n) is 11.2. The summed E-state index contributed by atoms with van der Waals surface area (Å²) in [6.45, 7) is 3.59. The van der Waals surface area contributed by atoms with Crippen LogP contribution in [0.3, 0.4) is 0 Å². The molecule has 0 saturated carbocycles. The molecule has 0 aliphatic carbocycles. The highest BCUT2D eigenvalue weighted by Gasteiger charge is 2.05. The van der Waals surface area contributed by atoms with Crippen molar-refractivity contribution in [3.05, 3.63) is 59.9 Å². The van der Waals surface area contributed by atoms with Gasteiger partial charge in [-0.25, -0.2) is 9.18 Å². The van der Waals surface area contributed by atoms with Crippen molar-refractivity contribution in [2.45, 2.75) is 13.5 Å². The van der Waals surface area contributed by atoms with E-state index in [9.17, 15) is 9.18 Å². The second-order valence-electron chi connectivity index (χ2n) is 4.36. The van der Waals surface area contributed by atoms with Crippen LogP contribution in [0.2, 0.25) is 0 Å². The van der Waals surface area contributed by atoms with Crippen molar-refractivity contribution in [2.24, 2.45) is 4.99 Å². The fraction of sp³-hybridized carbons (Fsp3) is 0.188. The lowest BCUT2D eigenvalue weighted by Crippen LogP contribution is -2.21. The van der Waals surface area contributed by atoms with Gasteiger partial charge in [-0.05, 0) is 48.9 Å². The minimum absolute atomic E-state index is 0.229. The van der Waals surface area contributed by atoms with Gasteiger partial charge in [-0.2, -0.15) is 4.99 Å². The van der Waals surface area contributed by atoms with Crippen LogP contribution in [0.4, 0.5) is 15.8 Å². The third kappa shape index (κ3) is 3.53. The summed E-state index contributed by atoms with van der Waals surface area (Å²) in [5, 5.41) is 0. The number of halogens is 1. The van der Waals surface area contributed by atoms with E-state index in [1.807, 2.05) is 12.1 Å². The van der Waals surface area contributed by atoms with Gasteiger partial charge < -0.3 is 4.90 Å². The summed E-state index contributed by atoms with van der Waals surface area (Å²) in [5.41, 5.74) is 2.66. The highest BCUT2D eigenvalue weighted by molar-refractivity contribution is 5.56. The van der Waals surface area contributed by atoms with E-state index in [-0.39, 0.29) is 5.82 Å². The molecule has 4 heteroatoms. The predicted octanol–water partition coefficient (Wildman–Crippen LogP) is 3.82. The van der Waals surface area contributed by atoms with Gasteiger partial charge in [0.15, 0.2) is 0 Å². The number of benzene rings is 2. The molecule has 0 unspecified atom stereocenters. The van der Waals surface area contributed by atoms with Gasteiger partial charge in [0.2, 0.25) is 6.08 Å². The average molecular weight is 270 g/mol. The van der Waals surface area contributed by atoms with E-state index < -0.39 is 0 Å². The smallest absolute Gasteiger partial charge is 0.240 e. The maximum absolute atomic E-state index is 12.9. The molecule has 0 fully saturated rings. The van der Waals surface area contributed by atoms with Crippen molar-refractivity contribution in [3.8, 4) is 0 Å². The van der Waals surface area contributed by atoms with Crippen LogP contribution in [0.25, 0.3) is 0 Å². The largest absolute Gasteiger partial charge is 0.367 e. The van der Waals surface area contributed by atoms with Gasteiger partial charge in [-0.3, -0.25) is 0 Å². The van der Waals surface area contributed by atoms with Crippen LogP contribution < -0.4 is 4.90 Å². The van der Waals surface area contributed by atoms with Crippen molar-refractivity contribution in [1.29, 1.82) is 0 Å². The van der Waals surface area contributed by atoms with E-state index in [4.69, 9.17) is 0 Å². The molecule has 3 nitrogen and oxygen atoms in total. The Kier molecular flexibility index (Phi) is 4.64. The molecule has 2 rings (SSSR count). The topological polar surface area (TPSA) is 32.7 Å². The summed E-state index contributed by atoms with van der Waals surface area (Å²) in [6.07, 6.45) is 1.52. The minimum Gasteiger partial charge on any atom is -0.367 e. The molecule has 0 aromatic heterocycles. The van der Waals surface area contributed by atoms with Crippen LogP contribution in [-0.4, -0.2) is 12.6 Å². The molecule has 0 amide bonds. The first-order valence-electron chi connectivity index (χ1n) is 6.40. The molecule has 0 aliphatic heterocycles. The molecule has 0 aliphatic rings. The fourth-order valence-electron chi connectivity index (χ4n) is 1.99. The van der Waals surface area contributed by atoms with Crippen LogP contribution in [0, 0.1) is 5.82 Å². The van der Waals surface area contributed by atoms with Gasteiger partial charge >= 0.3 is 0 Å². The Hall–Kier alpha value is -2.45. The second-order valence-corrected chi connectivity index (χ2v) is 4.36. The van der Waals surface area contributed by atoms with Crippen LogP contribution in [0.15, 0.2) is 53.5 Å². The molecule has 20 heavy (non-hydrogen) atoms. The van der Waals surface area contributed by atoms with E-state index in [1.165, 1.54) is 18.2 Å².